The molecule has 1 aliphatic heterocycles. The molecule has 1 fully saturated rings. The largest absolute Gasteiger partial charge is 0.349 e. The quantitative estimate of drug-likeness (QED) is 0.574. The molecule has 0 bridgehead atoms. The van der Waals surface area contributed by atoms with Crippen molar-refractivity contribution >= 4 is 5.91 Å². The topological polar surface area (TPSA) is 69.2 Å². The maximum atomic E-state index is 11.3. The van der Waals surface area contributed by atoms with Crippen LogP contribution in [0.4, 0.5) is 0 Å². The average molecular weight is 170 g/mol. The summed E-state index contributed by atoms with van der Waals surface area (Å²) in [5, 5.41) is 6.84. The van der Waals surface area contributed by atoms with Gasteiger partial charge in [0.2, 0.25) is 5.91 Å². The fourth-order valence-electron chi connectivity index (χ4n) is 0.950. The van der Waals surface area contributed by atoms with E-state index in [1.165, 1.54) is 0 Å². The van der Waals surface area contributed by atoms with E-state index in [1.807, 2.05) is 13.8 Å². The highest BCUT2D eigenvalue weighted by atomic mass is 16.2. The van der Waals surface area contributed by atoms with Crippen molar-refractivity contribution in [2.45, 2.75) is 25.9 Å². The van der Waals surface area contributed by atoms with Crippen LogP contribution in [0.2, 0.25) is 0 Å². The summed E-state index contributed by atoms with van der Waals surface area (Å²) in [5.74, 6) is 0.145. The predicted octanol–water partition coefficient (Wildman–Crippen LogP) is -0.927. The normalized spacial score (nSPS) is 20.3. The minimum atomic E-state index is -0.384. The molecule has 0 aliphatic carbocycles. The van der Waals surface area contributed by atoms with Crippen molar-refractivity contribution in [3.05, 3.63) is 0 Å². The van der Waals surface area contributed by atoms with Crippen molar-refractivity contribution in [2.24, 2.45) is 11.7 Å². The molecule has 0 spiro atoms. The van der Waals surface area contributed by atoms with Crippen LogP contribution in [-0.4, -0.2) is 31.1 Å². The molecular formula is C8H16N3O. The van der Waals surface area contributed by atoms with Gasteiger partial charge in [-0.1, -0.05) is 13.8 Å². The maximum absolute atomic E-state index is 11.3. The van der Waals surface area contributed by atoms with Crippen molar-refractivity contribution < 1.29 is 4.79 Å². The summed E-state index contributed by atoms with van der Waals surface area (Å²) in [7, 11) is 0. The van der Waals surface area contributed by atoms with Crippen molar-refractivity contribution in [3.8, 4) is 0 Å². The molecule has 1 atom stereocenters. The lowest BCUT2D eigenvalue weighted by atomic mass is 10.0. The molecule has 1 rings (SSSR count). The Morgan fingerprint density at radius 3 is 2.50 bits per heavy atom. The molecule has 0 saturated carbocycles. The van der Waals surface area contributed by atoms with E-state index in [0.717, 1.165) is 13.1 Å². The number of rotatable bonds is 3. The van der Waals surface area contributed by atoms with E-state index in [0.29, 0.717) is 0 Å². The first-order valence-corrected chi connectivity index (χ1v) is 4.30. The third-order valence-corrected chi connectivity index (χ3v) is 2.07. The van der Waals surface area contributed by atoms with Crippen LogP contribution in [0, 0.1) is 5.92 Å². The minimum Gasteiger partial charge on any atom is -0.349 e. The zero-order chi connectivity index (χ0) is 9.14. The van der Waals surface area contributed by atoms with Crippen LogP contribution in [0.3, 0.4) is 0 Å². The van der Waals surface area contributed by atoms with E-state index in [9.17, 15) is 4.79 Å². The van der Waals surface area contributed by atoms with Crippen molar-refractivity contribution in [2.75, 3.05) is 13.1 Å². The van der Waals surface area contributed by atoms with Gasteiger partial charge >= 0.3 is 0 Å². The van der Waals surface area contributed by atoms with E-state index >= 15 is 0 Å². The predicted molar refractivity (Wildman–Crippen MR) is 46.6 cm³/mol. The zero-order valence-corrected chi connectivity index (χ0v) is 7.58. The van der Waals surface area contributed by atoms with Gasteiger partial charge in [0.1, 0.15) is 0 Å². The highest BCUT2D eigenvalue weighted by Gasteiger charge is 2.24. The molecular weight excluding hydrogens is 154 g/mol. The molecule has 3 N–H and O–H groups in total. The van der Waals surface area contributed by atoms with Gasteiger partial charge in [-0.15, -0.1) is 0 Å². The number of carbonyl (C=O) groups is 1. The summed E-state index contributed by atoms with van der Waals surface area (Å²) in [6.07, 6.45) is 0. The van der Waals surface area contributed by atoms with E-state index in [-0.39, 0.29) is 23.9 Å². The molecule has 0 aromatic rings. The molecule has 0 aromatic carbocycles. The molecule has 0 unspecified atom stereocenters. The second-order valence-electron chi connectivity index (χ2n) is 3.56. The van der Waals surface area contributed by atoms with E-state index in [2.05, 4.69) is 10.6 Å². The Morgan fingerprint density at radius 2 is 2.17 bits per heavy atom. The lowest BCUT2D eigenvalue weighted by Gasteiger charge is -2.28. The van der Waals surface area contributed by atoms with Crippen molar-refractivity contribution in [1.29, 1.82) is 0 Å². The Morgan fingerprint density at radius 1 is 1.58 bits per heavy atom. The lowest BCUT2D eigenvalue weighted by Crippen LogP contribution is -2.57. The third kappa shape index (κ3) is 2.19. The summed E-state index contributed by atoms with van der Waals surface area (Å²) < 4.78 is 0. The Balaban J connectivity index is 2.26. The van der Waals surface area contributed by atoms with Crippen LogP contribution in [-0.2, 0) is 4.79 Å². The van der Waals surface area contributed by atoms with Crippen LogP contribution in [0.5, 0.6) is 0 Å². The van der Waals surface area contributed by atoms with Crippen molar-refractivity contribution in [3.63, 3.8) is 0 Å². The number of amides is 1. The fourth-order valence-corrected chi connectivity index (χ4v) is 0.950. The fraction of sp³-hybridized carbons (Fsp3) is 0.875. The number of hydrogen-bond acceptors (Lipinski definition) is 2. The van der Waals surface area contributed by atoms with Crippen LogP contribution in [0.25, 0.3) is 0 Å². The number of nitrogens with two attached hydrogens (primary N) is 1. The Kier molecular flexibility index (Phi) is 3.05. The maximum Gasteiger partial charge on any atom is 0.237 e. The van der Waals surface area contributed by atoms with E-state index in [1.54, 1.807) is 0 Å². The van der Waals surface area contributed by atoms with Gasteiger partial charge in [-0.25, -0.2) is 5.32 Å². The first-order chi connectivity index (χ1) is 5.61. The number of nitrogens with zero attached hydrogens (tertiary/aromatic N) is 1. The van der Waals surface area contributed by atoms with Crippen LogP contribution in [0.15, 0.2) is 0 Å². The molecule has 1 saturated heterocycles. The molecule has 1 heterocycles. The zero-order valence-electron chi connectivity index (χ0n) is 7.58. The molecule has 1 aliphatic rings. The van der Waals surface area contributed by atoms with Crippen LogP contribution >= 0.6 is 0 Å². The summed E-state index contributed by atoms with van der Waals surface area (Å²) in [5.41, 5.74) is 5.64. The van der Waals surface area contributed by atoms with Gasteiger partial charge in [0.05, 0.1) is 12.1 Å². The second kappa shape index (κ2) is 3.87. The summed E-state index contributed by atoms with van der Waals surface area (Å²) in [6, 6.07) is -0.145. The van der Waals surface area contributed by atoms with Gasteiger partial charge < -0.3 is 11.1 Å². The lowest BCUT2D eigenvalue weighted by molar-refractivity contribution is -0.124. The molecule has 69 valence electrons. The summed E-state index contributed by atoms with van der Waals surface area (Å²) in [6.45, 7) is 5.37. The molecule has 4 nitrogen and oxygen atoms in total. The van der Waals surface area contributed by atoms with Gasteiger partial charge in [0.15, 0.2) is 0 Å². The van der Waals surface area contributed by atoms with Gasteiger partial charge in [-0.3, -0.25) is 4.79 Å². The van der Waals surface area contributed by atoms with Gasteiger partial charge in [0, 0.05) is 13.1 Å². The van der Waals surface area contributed by atoms with Gasteiger partial charge in [-0.05, 0) is 5.92 Å². The number of nitrogens with one attached hydrogen (secondary N) is 1. The van der Waals surface area contributed by atoms with E-state index in [4.69, 9.17) is 5.73 Å². The standard InChI is InChI=1S/C8H16N3O/c1-5(2)7(9)8(12)11-6-3-10-4-6/h5-7H,3-4,9H2,1-2H3,(H,11,12)/t7-/m0/s1. The Hall–Kier alpha value is -0.610. The second-order valence-corrected chi connectivity index (χ2v) is 3.56. The third-order valence-electron chi connectivity index (χ3n) is 2.07. The van der Waals surface area contributed by atoms with Gasteiger partial charge in [0.25, 0.3) is 0 Å². The van der Waals surface area contributed by atoms with Crippen LogP contribution in [0.1, 0.15) is 13.8 Å². The monoisotopic (exact) mass is 170 g/mol. The minimum absolute atomic E-state index is 0.0510. The number of hydrogen-bond donors (Lipinski definition) is 2. The summed E-state index contributed by atoms with van der Waals surface area (Å²) in [4.78, 5) is 11.3. The van der Waals surface area contributed by atoms with Crippen molar-refractivity contribution in [1.82, 2.24) is 10.6 Å². The molecule has 12 heavy (non-hydrogen) atoms. The molecule has 0 aromatic heterocycles. The smallest absolute Gasteiger partial charge is 0.237 e. The molecule has 4 heteroatoms. The SMILES string of the molecule is CC(C)[C@H](N)C(=O)NC1C[N]C1. The Labute approximate surface area is 72.9 Å². The molecule has 1 radical (unpaired) electrons. The summed E-state index contributed by atoms with van der Waals surface area (Å²) >= 11 is 0. The highest BCUT2D eigenvalue weighted by Crippen LogP contribution is 2.00. The van der Waals surface area contributed by atoms with E-state index < -0.39 is 0 Å². The van der Waals surface area contributed by atoms with Gasteiger partial charge in [-0.2, -0.15) is 0 Å². The van der Waals surface area contributed by atoms with Crippen LogP contribution < -0.4 is 16.4 Å². The first-order valence-electron chi connectivity index (χ1n) is 4.30. The average Bonchev–Trinajstić information content (AvgIpc) is 1.94. The Bertz CT molecular complexity index is 166. The molecule has 1 amide bonds. The highest BCUT2D eigenvalue weighted by molar-refractivity contribution is 5.82. The first kappa shape index (κ1) is 9.48. The number of carbonyl (C=O) groups excluding carboxylic acids is 1.